The van der Waals surface area contributed by atoms with Crippen LogP contribution in [-0.4, -0.2) is 48.0 Å². The van der Waals surface area contributed by atoms with Gasteiger partial charge < -0.3 is 15.5 Å². The Morgan fingerprint density at radius 2 is 1.71 bits per heavy atom. The van der Waals surface area contributed by atoms with E-state index in [9.17, 15) is 4.79 Å². The summed E-state index contributed by atoms with van der Waals surface area (Å²) in [5, 5.41) is 6.05. The van der Waals surface area contributed by atoms with Crippen LogP contribution in [0.4, 0.5) is 11.6 Å². The molecule has 1 aromatic heterocycles. The number of hydrogen-bond acceptors (Lipinski definition) is 5. The van der Waals surface area contributed by atoms with Crippen LogP contribution in [0.5, 0.6) is 0 Å². The van der Waals surface area contributed by atoms with Crippen molar-refractivity contribution in [2.24, 2.45) is 0 Å². The summed E-state index contributed by atoms with van der Waals surface area (Å²) in [5.74, 6) is 0.239. The molecule has 2 rings (SSSR count). The van der Waals surface area contributed by atoms with E-state index in [0.29, 0.717) is 18.2 Å². The van der Waals surface area contributed by atoms with E-state index in [4.69, 9.17) is 0 Å². The molecule has 0 aliphatic rings. The van der Waals surface area contributed by atoms with E-state index >= 15 is 0 Å². The molecule has 1 amide bonds. The predicted octanol–water partition coefficient (Wildman–Crippen LogP) is 2.44. The monoisotopic (exact) mass is 327 g/mol. The van der Waals surface area contributed by atoms with Gasteiger partial charge in [-0.15, -0.1) is 0 Å². The maximum Gasteiger partial charge on any atom is 0.270 e. The van der Waals surface area contributed by atoms with Crippen LogP contribution < -0.4 is 10.6 Å². The fraction of sp³-hybridized carbons (Fsp3) is 0.389. The number of amides is 1. The van der Waals surface area contributed by atoms with Crippen molar-refractivity contribution < 1.29 is 4.79 Å². The van der Waals surface area contributed by atoms with Crippen LogP contribution in [0.3, 0.4) is 0 Å². The predicted molar refractivity (Wildman–Crippen MR) is 96.9 cm³/mol. The van der Waals surface area contributed by atoms with Crippen molar-refractivity contribution in [3.05, 3.63) is 46.8 Å². The lowest BCUT2D eigenvalue weighted by molar-refractivity contribution is 0.0946. The molecule has 0 saturated heterocycles. The van der Waals surface area contributed by atoms with Gasteiger partial charge in [-0.25, -0.2) is 9.97 Å². The molecule has 1 heterocycles. The third-order valence-electron chi connectivity index (χ3n) is 3.41. The summed E-state index contributed by atoms with van der Waals surface area (Å²) < 4.78 is 0. The van der Waals surface area contributed by atoms with Crippen molar-refractivity contribution in [3.63, 3.8) is 0 Å². The highest BCUT2D eigenvalue weighted by Gasteiger charge is 2.10. The molecular formula is C18H25N5O. The van der Waals surface area contributed by atoms with Crippen LogP contribution in [0.25, 0.3) is 0 Å². The van der Waals surface area contributed by atoms with Gasteiger partial charge in [0.25, 0.3) is 5.91 Å². The molecular weight excluding hydrogens is 302 g/mol. The number of anilines is 2. The second-order valence-corrected chi connectivity index (χ2v) is 6.28. The summed E-state index contributed by atoms with van der Waals surface area (Å²) in [5.41, 5.74) is 4.35. The minimum Gasteiger partial charge on any atom is -0.349 e. The molecule has 0 saturated carbocycles. The van der Waals surface area contributed by atoms with E-state index < -0.39 is 0 Å². The van der Waals surface area contributed by atoms with Gasteiger partial charge in [-0.3, -0.25) is 4.79 Å². The molecule has 0 fully saturated rings. The van der Waals surface area contributed by atoms with Gasteiger partial charge in [0.15, 0.2) is 0 Å². The number of hydrogen-bond donors (Lipinski definition) is 2. The van der Waals surface area contributed by atoms with Gasteiger partial charge in [-0.2, -0.15) is 0 Å². The molecule has 24 heavy (non-hydrogen) atoms. The van der Waals surface area contributed by atoms with E-state index in [1.165, 1.54) is 0 Å². The number of benzene rings is 1. The first-order chi connectivity index (χ1) is 11.3. The van der Waals surface area contributed by atoms with Gasteiger partial charge >= 0.3 is 0 Å². The van der Waals surface area contributed by atoms with Gasteiger partial charge in [-0.1, -0.05) is 6.07 Å². The molecule has 0 spiro atoms. The lowest BCUT2D eigenvalue weighted by Crippen LogP contribution is -2.32. The molecule has 0 aliphatic carbocycles. The molecule has 1 aromatic carbocycles. The van der Waals surface area contributed by atoms with E-state index in [0.717, 1.165) is 29.1 Å². The molecule has 0 atom stereocenters. The molecule has 0 radical (unpaired) electrons. The summed E-state index contributed by atoms with van der Waals surface area (Å²) >= 11 is 0. The second-order valence-electron chi connectivity index (χ2n) is 6.28. The first-order valence-electron chi connectivity index (χ1n) is 7.97. The fourth-order valence-corrected chi connectivity index (χ4v) is 2.40. The molecule has 128 valence electrons. The SMILES string of the molecule is Cc1cc(C)cc(Nc2nc(C)cc(C(=O)NCCN(C)C)n2)c1. The minimum atomic E-state index is -0.189. The van der Waals surface area contributed by atoms with Crippen molar-refractivity contribution in [2.45, 2.75) is 20.8 Å². The highest BCUT2D eigenvalue weighted by atomic mass is 16.1. The van der Waals surface area contributed by atoms with E-state index in [-0.39, 0.29) is 5.91 Å². The Hall–Kier alpha value is -2.47. The average molecular weight is 327 g/mol. The van der Waals surface area contributed by atoms with Crippen molar-refractivity contribution in [2.75, 3.05) is 32.5 Å². The zero-order valence-electron chi connectivity index (χ0n) is 15.0. The van der Waals surface area contributed by atoms with E-state index in [2.05, 4.69) is 26.7 Å². The number of rotatable bonds is 6. The summed E-state index contributed by atoms with van der Waals surface area (Å²) in [7, 11) is 3.93. The zero-order valence-corrected chi connectivity index (χ0v) is 15.0. The number of aryl methyl sites for hydroxylation is 3. The Kier molecular flexibility index (Phi) is 5.87. The quantitative estimate of drug-likeness (QED) is 0.853. The van der Waals surface area contributed by atoms with Gasteiger partial charge in [0.2, 0.25) is 5.95 Å². The van der Waals surface area contributed by atoms with Crippen LogP contribution in [-0.2, 0) is 0 Å². The molecule has 0 bridgehead atoms. The first-order valence-corrected chi connectivity index (χ1v) is 7.97. The van der Waals surface area contributed by atoms with E-state index in [1.54, 1.807) is 6.07 Å². The van der Waals surface area contributed by atoms with Crippen LogP contribution in [0.1, 0.15) is 27.3 Å². The van der Waals surface area contributed by atoms with Gasteiger partial charge in [0.1, 0.15) is 5.69 Å². The molecule has 6 nitrogen and oxygen atoms in total. The summed E-state index contributed by atoms with van der Waals surface area (Å²) in [6, 6.07) is 7.84. The normalized spacial score (nSPS) is 10.8. The highest BCUT2D eigenvalue weighted by Crippen LogP contribution is 2.17. The molecule has 6 heteroatoms. The zero-order chi connectivity index (χ0) is 17.7. The number of carbonyl (C=O) groups excluding carboxylic acids is 1. The fourth-order valence-electron chi connectivity index (χ4n) is 2.40. The number of nitrogens with one attached hydrogen (secondary N) is 2. The lowest BCUT2D eigenvalue weighted by atomic mass is 10.1. The largest absolute Gasteiger partial charge is 0.349 e. The van der Waals surface area contributed by atoms with Gasteiger partial charge in [0.05, 0.1) is 0 Å². The van der Waals surface area contributed by atoms with E-state index in [1.807, 2.05) is 51.9 Å². The Morgan fingerprint density at radius 1 is 1.04 bits per heavy atom. The third kappa shape index (κ3) is 5.31. The van der Waals surface area contributed by atoms with Crippen LogP contribution in [0, 0.1) is 20.8 Å². The number of carbonyl (C=O) groups is 1. The third-order valence-corrected chi connectivity index (χ3v) is 3.41. The standard InChI is InChI=1S/C18H25N5O/c1-12-8-13(2)10-15(9-12)21-18-20-14(3)11-16(22-18)17(24)19-6-7-23(4)5/h8-11H,6-7H2,1-5H3,(H,19,24)(H,20,21,22). The maximum absolute atomic E-state index is 12.2. The van der Waals surface area contributed by atoms with Crippen LogP contribution in [0.15, 0.2) is 24.3 Å². The van der Waals surface area contributed by atoms with Crippen molar-refractivity contribution in [1.82, 2.24) is 20.2 Å². The minimum absolute atomic E-state index is 0.189. The van der Waals surface area contributed by atoms with Crippen LogP contribution >= 0.6 is 0 Å². The topological polar surface area (TPSA) is 70.2 Å². The second kappa shape index (κ2) is 7.88. The number of likely N-dealkylation sites (N-methyl/N-ethyl adjacent to an activating group) is 1. The maximum atomic E-state index is 12.2. The average Bonchev–Trinajstić information content (AvgIpc) is 2.44. The molecule has 0 unspecified atom stereocenters. The summed E-state index contributed by atoms with van der Waals surface area (Å²) in [6.07, 6.45) is 0. The van der Waals surface area contributed by atoms with Gasteiger partial charge in [0, 0.05) is 24.5 Å². The molecule has 2 aromatic rings. The highest BCUT2D eigenvalue weighted by molar-refractivity contribution is 5.92. The van der Waals surface area contributed by atoms with Crippen molar-refractivity contribution in [3.8, 4) is 0 Å². The van der Waals surface area contributed by atoms with Crippen molar-refractivity contribution >= 4 is 17.5 Å². The number of aromatic nitrogens is 2. The summed E-state index contributed by atoms with van der Waals surface area (Å²) in [6.45, 7) is 7.29. The molecule has 2 N–H and O–H groups in total. The van der Waals surface area contributed by atoms with Crippen LogP contribution in [0.2, 0.25) is 0 Å². The number of nitrogens with zero attached hydrogens (tertiary/aromatic N) is 3. The van der Waals surface area contributed by atoms with Crippen molar-refractivity contribution in [1.29, 1.82) is 0 Å². The Balaban J connectivity index is 2.14. The molecule has 0 aliphatic heterocycles. The lowest BCUT2D eigenvalue weighted by Gasteiger charge is -2.12. The Morgan fingerprint density at radius 3 is 2.33 bits per heavy atom. The first kappa shape index (κ1) is 17.9. The smallest absolute Gasteiger partial charge is 0.270 e. The summed E-state index contributed by atoms with van der Waals surface area (Å²) in [4.78, 5) is 23.0. The Labute approximate surface area is 143 Å². The Bertz CT molecular complexity index is 707. The van der Waals surface area contributed by atoms with Gasteiger partial charge in [-0.05, 0) is 64.2 Å².